The van der Waals surface area contributed by atoms with Gasteiger partial charge in [0.2, 0.25) is 5.91 Å². The lowest BCUT2D eigenvalue weighted by atomic mass is 10.2. The molecular formula is C17H15F6N3O2. The molecule has 0 atom stereocenters. The second-order valence-corrected chi connectivity index (χ2v) is 6.32. The number of benzene rings is 1. The van der Waals surface area contributed by atoms with Crippen molar-refractivity contribution < 1.29 is 35.9 Å². The molecule has 28 heavy (non-hydrogen) atoms. The molecule has 1 amide bonds. The van der Waals surface area contributed by atoms with Crippen LogP contribution in [-0.2, 0) is 17.5 Å². The molecule has 0 spiro atoms. The van der Waals surface area contributed by atoms with Gasteiger partial charge in [0.25, 0.3) is 0 Å². The molecule has 1 fully saturated rings. The van der Waals surface area contributed by atoms with Gasteiger partial charge in [-0.1, -0.05) is 0 Å². The maximum absolute atomic E-state index is 12.9. The number of nitrogens with zero attached hydrogens (tertiary/aromatic N) is 2. The highest BCUT2D eigenvalue weighted by atomic mass is 19.4. The molecule has 0 bridgehead atoms. The van der Waals surface area contributed by atoms with Crippen LogP contribution in [0, 0.1) is 0 Å². The lowest BCUT2D eigenvalue weighted by molar-refractivity contribution is -0.274. The third-order valence-corrected chi connectivity index (χ3v) is 4.02. The molecule has 3 rings (SSSR count). The van der Waals surface area contributed by atoms with E-state index in [-0.39, 0.29) is 24.6 Å². The minimum absolute atomic E-state index is 0.0211. The Morgan fingerprint density at radius 1 is 1.14 bits per heavy atom. The summed E-state index contributed by atoms with van der Waals surface area (Å²) in [4.78, 5) is 12.0. The summed E-state index contributed by atoms with van der Waals surface area (Å²) in [6.07, 6.45) is -7.96. The van der Waals surface area contributed by atoms with Crippen LogP contribution < -0.4 is 10.1 Å². The van der Waals surface area contributed by atoms with Crippen molar-refractivity contribution in [1.82, 2.24) is 9.78 Å². The van der Waals surface area contributed by atoms with Crippen LogP contribution in [0.5, 0.6) is 5.75 Å². The predicted octanol–water partition coefficient (Wildman–Crippen LogP) is 4.71. The first-order valence-electron chi connectivity index (χ1n) is 8.32. The number of ether oxygens (including phenoxy) is 1. The molecule has 11 heteroatoms. The van der Waals surface area contributed by atoms with Gasteiger partial charge < -0.3 is 10.1 Å². The van der Waals surface area contributed by atoms with E-state index < -0.39 is 29.9 Å². The van der Waals surface area contributed by atoms with E-state index in [4.69, 9.17) is 0 Å². The molecule has 1 heterocycles. The molecule has 5 nitrogen and oxygen atoms in total. The Bertz CT molecular complexity index is 838. The second-order valence-electron chi connectivity index (χ2n) is 6.32. The summed E-state index contributed by atoms with van der Waals surface area (Å²) in [5.41, 5.74) is -0.303. The second kappa shape index (κ2) is 7.36. The van der Waals surface area contributed by atoms with Crippen LogP contribution in [0.15, 0.2) is 30.3 Å². The van der Waals surface area contributed by atoms with Gasteiger partial charge in [0, 0.05) is 30.3 Å². The van der Waals surface area contributed by atoms with Gasteiger partial charge in [0.05, 0.1) is 0 Å². The van der Waals surface area contributed by atoms with E-state index >= 15 is 0 Å². The molecule has 1 N–H and O–H groups in total. The molecule has 0 unspecified atom stereocenters. The lowest BCUT2D eigenvalue weighted by Gasteiger charge is -2.10. The molecule has 152 valence electrons. The van der Waals surface area contributed by atoms with Gasteiger partial charge in [-0.05, 0) is 43.2 Å². The zero-order valence-electron chi connectivity index (χ0n) is 14.3. The van der Waals surface area contributed by atoms with Crippen LogP contribution in [0.4, 0.5) is 32.0 Å². The monoisotopic (exact) mass is 407 g/mol. The minimum Gasteiger partial charge on any atom is -0.406 e. The molecule has 2 aromatic rings. The Kier molecular flexibility index (Phi) is 5.26. The fourth-order valence-corrected chi connectivity index (χ4v) is 2.63. The maximum Gasteiger partial charge on any atom is 0.573 e. The van der Waals surface area contributed by atoms with Crippen molar-refractivity contribution in [2.75, 3.05) is 5.32 Å². The number of hydrogen-bond acceptors (Lipinski definition) is 3. The largest absolute Gasteiger partial charge is 0.573 e. The molecule has 0 aliphatic heterocycles. The summed E-state index contributed by atoms with van der Waals surface area (Å²) >= 11 is 0. The van der Waals surface area contributed by atoms with Crippen molar-refractivity contribution in [3.05, 3.63) is 41.7 Å². The molecule has 1 aliphatic rings. The number of hydrogen-bond donors (Lipinski definition) is 1. The van der Waals surface area contributed by atoms with Gasteiger partial charge in [-0.25, -0.2) is 0 Å². The van der Waals surface area contributed by atoms with Gasteiger partial charge in [-0.3, -0.25) is 9.48 Å². The normalized spacial score (nSPS) is 14.8. The Balaban J connectivity index is 1.58. The van der Waals surface area contributed by atoms with Crippen LogP contribution >= 0.6 is 0 Å². The fraction of sp³-hybridized carbons (Fsp3) is 0.412. The van der Waals surface area contributed by atoms with Crippen molar-refractivity contribution in [3.8, 4) is 5.75 Å². The van der Waals surface area contributed by atoms with Crippen LogP contribution in [0.1, 0.15) is 36.6 Å². The van der Waals surface area contributed by atoms with Crippen molar-refractivity contribution in [2.45, 2.75) is 44.3 Å². The Morgan fingerprint density at radius 2 is 1.79 bits per heavy atom. The fourth-order valence-electron chi connectivity index (χ4n) is 2.63. The average molecular weight is 407 g/mol. The summed E-state index contributed by atoms with van der Waals surface area (Å²) in [6.45, 7) is -0.0387. The van der Waals surface area contributed by atoms with E-state index in [0.717, 1.165) is 31.0 Å². The van der Waals surface area contributed by atoms with E-state index in [1.54, 1.807) is 0 Å². The minimum atomic E-state index is -4.82. The van der Waals surface area contributed by atoms with Crippen molar-refractivity contribution in [1.29, 1.82) is 0 Å². The summed E-state index contributed by atoms with van der Waals surface area (Å²) in [6, 6.07) is 5.54. The average Bonchev–Trinajstić information content (AvgIpc) is 3.31. The van der Waals surface area contributed by atoms with Crippen molar-refractivity contribution in [2.24, 2.45) is 0 Å². The quantitative estimate of drug-likeness (QED) is 0.706. The smallest absolute Gasteiger partial charge is 0.406 e. The molecule has 1 aliphatic carbocycles. The summed E-state index contributed by atoms with van der Waals surface area (Å²) in [5, 5.41) is 6.02. The Hall–Kier alpha value is -2.72. The van der Waals surface area contributed by atoms with Crippen molar-refractivity contribution in [3.63, 3.8) is 0 Å². The third-order valence-electron chi connectivity index (χ3n) is 4.02. The van der Waals surface area contributed by atoms with E-state index in [1.165, 1.54) is 16.8 Å². The SMILES string of the molecule is O=C(CCn1nc(C(F)(F)F)cc1C1CC1)Nc1ccc(OC(F)(F)F)cc1. The number of nitrogens with one attached hydrogen (secondary N) is 1. The number of halogens is 6. The summed E-state index contributed by atoms with van der Waals surface area (Å²) in [5.74, 6) is -0.918. The van der Waals surface area contributed by atoms with Gasteiger partial charge in [-0.15, -0.1) is 13.2 Å². The molecule has 0 saturated heterocycles. The topological polar surface area (TPSA) is 56.2 Å². The molecular weight excluding hydrogens is 392 g/mol. The molecule has 1 aromatic carbocycles. The number of carbonyl (C=O) groups excluding carboxylic acids is 1. The van der Waals surface area contributed by atoms with Crippen LogP contribution in [0.3, 0.4) is 0 Å². The number of anilines is 1. The van der Waals surface area contributed by atoms with E-state index in [9.17, 15) is 31.1 Å². The number of aryl methyl sites for hydroxylation is 1. The third kappa shape index (κ3) is 5.40. The zero-order valence-corrected chi connectivity index (χ0v) is 14.3. The highest BCUT2D eigenvalue weighted by molar-refractivity contribution is 5.90. The molecule has 1 saturated carbocycles. The van der Waals surface area contributed by atoms with E-state index in [0.29, 0.717) is 5.69 Å². The Labute approximate surface area is 155 Å². The highest BCUT2D eigenvalue weighted by Gasteiger charge is 2.37. The first-order valence-corrected chi connectivity index (χ1v) is 8.32. The summed E-state index contributed by atoms with van der Waals surface area (Å²) in [7, 11) is 0. The molecule has 1 aromatic heterocycles. The van der Waals surface area contributed by atoms with Crippen LogP contribution in [0.2, 0.25) is 0 Å². The lowest BCUT2D eigenvalue weighted by Crippen LogP contribution is -2.18. The number of rotatable bonds is 6. The number of carbonyl (C=O) groups is 1. The van der Waals surface area contributed by atoms with Gasteiger partial charge in [0.15, 0.2) is 5.69 Å². The van der Waals surface area contributed by atoms with E-state index in [2.05, 4.69) is 15.2 Å². The van der Waals surface area contributed by atoms with Gasteiger partial charge >= 0.3 is 12.5 Å². The number of aromatic nitrogens is 2. The van der Waals surface area contributed by atoms with Crippen LogP contribution in [0.25, 0.3) is 0 Å². The maximum atomic E-state index is 12.9. The first kappa shape index (κ1) is 20.0. The number of alkyl halides is 6. The predicted molar refractivity (Wildman–Crippen MR) is 85.6 cm³/mol. The molecule has 0 radical (unpaired) electrons. The zero-order chi connectivity index (χ0) is 20.5. The van der Waals surface area contributed by atoms with Gasteiger partial charge in [-0.2, -0.15) is 18.3 Å². The standard InChI is InChI=1S/C17H15F6N3O2/c18-16(19,20)14-9-13(10-1-2-10)26(25-14)8-7-15(27)24-11-3-5-12(6-4-11)28-17(21,22)23/h3-6,9-10H,1-2,7-8H2,(H,24,27). The highest BCUT2D eigenvalue weighted by Crippen LogP contribution is 2.42. The van der Waals surface area contributed by atoms with Crippen LogP contribution in [-0.4, -0.2) is 22.1 Å². The number of amides is 1. The van der Waals surface area contributed by atoms with E-state index in [1.807, 2.05) is 0 Å². The Morgan fingerprint density at radius 3 is 2.32 bits per heavy atom. The van der Waals surface area contributed by atoms with Gasteiger partial charge in [0.1, 0.15) is 5.75 Å². The first-order chi connectivity index (χ1) is 13.0. The summed E-state index contributed by atoms with van der Waals surface area (Å²) < 4.78 is 79.8. The van der Waals surface area contributed by atoms with Crippen molar-refractivity contribution >= 4 is 11.6 Å².